The summed E-state index contributed by atoms with van der Waals surface area (Å²) in [5.74, 6) is 0. The summed E-state index contributed by atoms with van der Waals surface area (Å²) in [6, 6.07) is 6.39. The zero-order chi connectivity index (χ0) is 15.8. The smallest absolute Gasteiger partial charge is 0.133 e. The molecule has 0 amide bonds. The Hall–Kier alpha value is -1.94. The van der Waals surface area contributed by atoms with Crippen LogP contribution in [0.25, 0.3) is 20.7 Å². The molecule has 0 fully saturated rings. The molecule has 2 N–H and O–H groups in total. The predicted octanol–water partition coefficient (Wildman–Crippen LogP) is 4.97. The monoisotopic (exact) mass is 341 g/mol. The van der Waals surface area contributed by atoms with Crippen LogP contribution in [-0.4, -0.2) is 10.2 Å². The van der Waals surface area contributed by atoms with Crippen molar-refractivity contribution in [1.29, 1.82) is 5.26 Å². The maximum atomic E-state index is 9.60. The van der Waals surface area contributed by atoms with Gasteiger partial charge in [-0.25, -0.2) is 4.98 Å². The largest absolute Gasteiger partial charge is 0.290 e. The third kappa shape index (κ3) is 2.32. The van der Waals surface area contributed by atoms with E-state index in [0.29, 0.717) is 10.6 Å². The van der Waals surface area contributed by atoms with Gasteiger partial charge < -0.3 is 0 Å². The first-order valence-electron chi connectivity index (χ1n) is 7.65. The van der Waals surface area contributed by atoms with Crippen molar-refractivity contribution in [1.82, 2.24) is 4.98 Å². The van der Waals surface area contributed by atoms with Crippen molar-refractivity contribution in [2.75, 3.05) is 5.48 Å². The highest BCUT2D eigenvalue weighted by Crippen LogP contribution is 2.44. The van der Waals surface area contributed by atoms with Crippen molar-refractivity contribution in [2.45, 2.75) is 32.1 Å². The summed E-state index contributed by atoms with van der Waals surface area (Å²) in [6.45, 7) is 0. The number of hydrogen-bond acceptors (Lipinski definition) is 6. The second-order valence-corrected chi connectivity index (χ2v) is 7.61. The summed E-state index contributed by atoms with van der Waals surface area (Å²) in [6.07, 6.45) is 5.55. The maximum absolute atomic E-state index is 9.60. The quantitative estimate of drug-likeness (QED) is 0.510. The van der Waals surface area contributed by atoms with E-state index in [1.807, 2.05) is 6.07 Å². The number of fused-ring (bicyclic) bond motifs is 2. The number of nitrogens with one attached hydrogen (secondary N) is 1. The van der Waals surface area contributed by atoms with E-state index in [9.17, 15) is 10.5 Å². The number of aryl methyl sites for hydroxylation is 1. The van der Waals surface area contributed by atoms with Gasteiger partial charge >= 0.3 is 0 Å². The summed E-state index contributed by atoms with van der Waals surface area (Å²) in [5, 5.41) is 22.4. The lowest BCUT2D eigenvalue weighted by atomic mass is 9.96. The number of pyridine rings is 1. The lowest BCUT2D eigenvalue weighted by molar-refractivity contribution is 0.391. The molecule has 0 saturated carbocycles. The Balaban J connectivity index is 2.14. The lowest BCUT2D eigenvalue weighted by Crippen LogP contribution is -1.99. The van der Waals surface area contributed by atoms with E-state index < -0.39 is 0 Å². The van der Waals surface area contributed by atoms with E-state index in [4.69, 9.17) is 4.98 Å². The second kappa shape index (κ2) is 5.93. The minimum Gasteiger partial charge on any atom is -0.290 e. The van der Waals surface area contributed by atoms with Gasteiger partial charge in [-0.1, -0.05) is 23.8 Å². The van der Waals surface area contributed by atoms with Crippen LogP contribution in [0.4, 0.5) is 5.00 Å². The van der Waals surface area contributed by atoms with Gasteiger partial charge in [-0.15, -0.1) is 11.3 Å². The van der Waals surface area contributed by atoms with Gasteiger partial charge in [0.1, 0.15) is 15.9 Å². The Bertz CT molecular complexity index is 906. The maximum Gasteiger partial charge on any atom is 0.133 e. The second-order valence-electron chi connectivity index (χ2n) is 5.66. The van der Waals surface area contributed by atoms with Gasteiger partial charge in [0, 0.05) is 21.5 Å². The Morgan fingerprint density at radius 3 is 2.87 bits per heavy atom. The van der Waals surface area contributed by atoms with Crippen molar-refractivity contribution >= 4 is 37.9 Å². The van der Waals surface area contributed by atoms with Crippen LogP contribution in [0.3, 0.4) is 0 Å². The summed E-state index contributed by atoms with van der Waals surface area (Å²) in [7, 11) is 0. The van der Waals surface area contributed by atoms with Crippen molar-refractivity contribution in [3.05, 3.63) is 34.3 Å². The molecule has 1 aliphatic rings. The molecule has 0 aliphatic heterocycles. The fourth-order valence-corrected chi connectivity index (χ4v) is 5.10. The van der Waals surface area contributed by atoms with Gasteiger partial charge in [0.25, 0.3) is 0 Å². The summed E-state index contributed by atoms with van der Waals surface area (Å²) in [5.41, 5.74) is 6.26. The van der Waals surface area contributed by atoms with E-state index >= 15 is 0 Å². The number of aromatic nitrogens is 1. The molecule has 4 nitrogen and oxygen atoms in total. The first kappa shape index (κ1) is 14.6. The molecular formula is C17H15N3OS2. The lowest BCUT2D eigenvalue weighted by Gasteiger charge is -2.12. The third-order valence-electron chi connectivity index (χ3n) is 4.35. The van der Waals surface area contributed by atoms with Gasteiger partial charge in [-0.3, -0.25) is 10.7 Å². The number of nitriles is 1. The highest BCUT2D eigenvalue weighted by molar-refractivity contribution is 7.23. The van der Waals surface area contributed by atoms with Gasteiger partial charge in [0.15, 0.2) is 0 Å². The van der Waals surface area contributed by atoms with Crippen LogP contribution in [0.15, 0.2) is 17.5 Å². The SMILES string of the molecule is N#Cc1c(NO)sc2nc3c(c(-c4cccs4)c12)CCCCC3. The van der Waals surface area contributed by atoms with Gasteiger partial charge in [-0.05, 0) is 42.7 Å². The fourth-order valence-electron chi connectivity index (χ4n) is 3.34. The summed E-state index contributed by atoms with van der Waals surface area (Å²) in [4.78, 5) is 6.86. The molecule has 0 radical (unpaired) electrons. The molecule has 0 saturated heterocycles. The molecule has 0 atom stereocenters. The van der Waals surface area contributed by atoms with Crippen LogP contribution < -0.4 is 5.48 Å². The minimum atomic E-state index is 0.480. The molecule has 3 aromatic heterocycles. The van der Waals surface area contributed by atoms with Crippen LogP contribution in [0.2, 0.25) is 0 Å². The molecule has 6 heteroatoms. The summed E-state index contributed by atoms with van der Waals surface area (Å²) < 4.78 is 0. The average molecular weight is 341 g/mol. The Morgan fingerprint density at radius 2 is 2.13 bits per heavy atom. The van der Waals surface area contributed by atoms with E-state index in [0.717, 1.165) is 47.2 Å². The number of hydrogen-bond donors (Lipinski definition) is 2. The highest BCUT2D eigenvalue weighted by Gasteiger charge is 2.24. The fraction of sp³-hybridized carbons (Fsp3) is 0.294. The van der Waals surface area contributed by atoms with E-state index in [1.165, 1.54) is 28.2 Å². The number of rotatable bonds is 2. The third-order valence-corrected chi connectivity index (χ3v) is 6.22. The molecule has 0 unspecified atom stereocenters. The molecule has 0 bridgehead atoms. The van der Waals surface area contributed by atoms with Crippen molar-refractivity contribution < 1.29 is 5.21 Å². The average Bonchev–Trinajstić information content (AvgIpc) is 3.15. The van der Waals surface area contributed by atoms with Crippen LogP contribution in [-0.2, 0) is 12.8 Å². The molecule has 23 heavy (non-hydrogen) atoms. The normalized spacial score (nSPS) is 14.3. The molecule has 116 valence electrons. The van der Waals surface area contributed by atoms with Gasteiger partial charge in [0.05, 0.1) is 5.56 Å². The van der Waals surface area contributed by atoms with E-state index in [2.05, 4.69) is 23.0 Å². The van der Waals surface area contributed by atoms with Gasteiger partial charge in [0.2, 0.25) is 0 Å². The van der Waals surface area contributed by atoms with Crippen molar-refractivity contribution in [3.8, 4) is 16.5 Å². The first-order chi connectivity index (χ1) is 11.3. The zero-order valence-corrected chi connectivity index (χ0v) is 14.1. The Kier molecular flexibility index (Phi) is 3.77. The predicted molar refractivity (Wildman–Crippen MR) is 94.3 cm³/mol. The van der Waals surface area contributed by atoms with Crippen LogP contribution in [0.5, 0.6) is 0 Å². The molecule has 1 aliphatic carbocycles. The van der Waals surface area contributed by atoms with Crippen molar-refractivity contribution in [3.63, 3.8) is 0 Å². The molecule has 3 heterocycles. The van der Waals surface area contributed by atoms with Crippen LogP contribution in [0.1, 0.15) is 36.1 Å². The standard InChI is InChI=1S/C17H15N3OS2/c18-9-11-15-14(13-7-4-8-22-13)10-5-2-1-3-6-12(10)19-17(15)23-16(11)20-21/h4,7-8,20-21H,1-3,5-6H2. The number of anilines is 1. The first-order valence-corrected chi connectivity index (χ1v) is 9.35. The zero-order valence-electron chi connectivity index (χ0n) is 12.4. The van der Waals surface area contributed by atoms with E-state index in [1.54, 1.807) is 11.3 Å². The molecular weight excluding hydrogens is 326 g/mol. The Labute approximate surface area is 142 Å². The van der Waals surface area contributed by atoms with Crippen LogP contribution >= 0.6 is 22.7 Å². The molecule has 4 rings (SSSR count). The summed E-state index contributed by atoms with van der Waals surface area (Å²) >= 11 is 3.04. The molecule has 0 aromatic carbocycles. The van der Waals surface area contributed by atoms with Crippen LogP contribution in [0, 0.1) is 11.3 Å². The Morgan fingerprint density at radius 1 is 1.26 bits per heavy atom. The van der Waals surface area contributed by atoms with E-state index in [-0.39, 0.29) is 0 Å². The minimum absolute atomic E-state index is 0.480. The molecule has 3 aromatic rings. The topological polar surface area (TPSA) is 68.9 Å². The highest BCUT2D eigenvalue weighted by atomic mass is 32.1. The van der Waals surface area contributed by atoms with Gasteiger partial charge in [-0.2, -0.15) is 5.26 Å². The number of thiophene rings is 2. The van der Waals surface area contributed by atoms with Crippen molar-refractivity contribution in [2.24, 2.45) is 0 Å². The molecule has 0 spiro atoms. The number of nitrogens with zero attached hydrogens (tertiary/aromatic N) is 2.